The second-order valence-corrected chi connectivity index (χ2v) is 2.37. The summed E-state index contributed by atoms with van der Waals surface area (Å²) in [6, 6.07) is 3.46. The van der Waals surface area contributed by atoms with Gasteiger partial charge < -0.3 is 5.11 Å². The van der Waals surface area contributed by atoms with Crippen LogP contribution in [0.5, 0.6) is 0 Å². The van der Waals surface area contributed by atoms with E-state index in [1.807, 2.05) is 5.38 Å². The van der Waals surface area contributed by atoms with Gasteiger partial charge in [0.05, 0.1) is 6.07 Å². The minimum absolute atomic E-state index is 0.683. The fraction of sp³-hybridized carbons (Fsp3) is 0.167. The summed E-state index contributed by atoms with van der Waals surface area (Å²) in [7, 11) is 0. The van der Waals surface area contributed by atoms with Crippen LogP contribution in [0.25, 0.3) is 0 Å². The van der Waals surface area contributed by atoms with Crippen molar-refractivity contribution in [1.82, 2.24) is 0 Å². The molecule has 1 N–H and O–H groups in total. The summed E-state index contributed by atoms with van der Waals surface area (Å²) in [5.74, 6) is 0. The van der Waals surface area contributed by atoms with Gasteiger partial charge in [-0.1, -0.05) is 0 Å². The van der Waals surface area contributed by atoms with Crippen LogP contribution in [0, 0.1) is 11.3 Å². The summed E-state index contributed by atoms with van der Waals surface area (Å²) in [5, 5.41) is 20.7. The van der Waals surface area contributed by atoms with Crippen molar-refractivity contribution in [2.45, 2.75) is 6.10 Å². The van der Waals surface area contributed by atoms with Gasteiger partial charge in [0.2, 0.25) is 0 Å². The van der Waals surface area contributed by atoms with E-state index >= 15 is 0 Å². The predicted octanol–water partition coefficient (Wildman–Crippen LogP) is 1.31. The highest BCUT2D eigenvalue weighted by Crippen LogP contribution is 2.14. The molecule has 0 spiro atoms. The molecule has 1 heterocycles. The zero-order valence-corrected chi connectivity index (χ0v) is 5.43. The van der Waals surface area contributed by atoms with Crippen LogP contribution in [-0.2, 0) is 0 Å². The Kier molecular flexibility index (Phi) is 1.83. The maximum Gasteiger partial charge on any atom is 0.166 e. The molecule has 2 nitrogen and oxygen atoms in total. The number of nitrogens with zero attached hydrogens (tertiary/aromatic N) is 1. The molecule has 1 aromatic heterocycles. The molecule has 0 saturated carbocycles. The van der Waals surface area contributed by atoms with Crippen molar-refractivity contribution in [2.75, 3.05) is 0 Å². The Hall–Kier alpha value is -0.850. The molecular weight excluding hydrogens is 134 g/mol. The fourth-order valence-corrected chi connectivity index (χ4v) is 1.18. The standard InChI is InChI=1S/C6H5NOS/c7-3-6(8)5-1-2-9-4-5/h1-2,4,6,8H/t6-/m0/s1. The molecule has 0 aliphatic rings. The van der Waals surface area contributed by atoms with E-state index < -0.39 is 6.10 Å². The van der Waals surface area contributed by atoms with Crippen LogP contribution in [-0.4, -0.2) is 5.11 Å². The lowest BCUT2D eigenvalue weighted by Gasteiger charge is -1.92. The molecule has 0 bridgehead atoms. The van der Waals surface area contributed by atoms with Gasteiger partial charge in [0.25, 0.3) is 0 Å². The normalized spacial score (nSPS) is 12.4. The first-order chi connectivity index (χ1) is 4.34. The molecule has 9 heavy (non-hydrogen) atoms. The smallest absolute Gasteiger partial charge is 0.166 e. The van der Waals surface area contributed by atoms with Crippen molar-refractivity contribution in [2.24, 2.45) is 0 Å². The first-order valence-electron chi connectivity index (χ1n) is 2.44. The minimum Gasteiger partial charge on any atom is -0.374 e. The molecule has 0 aliphatic carbocycles. The largest absolute Gasteiger partial charge is 0.374 e. The third-order valence-corrected chi connectivity index (χ3v) is 1.68. The molecule has 1 rings (SSSR count). The Bertz CT molecular complexity index is 211. The molecule has 46 valence electrons. The molecule has 0 unspecified atom stereocenters. The summed E-state index contributed by atoms with van der Waals surface area (Å²) in [6.07, 6.45) is -0.948. The maximum absolute atomic E-state index is 8.86. The lowest BCUT2D eigenvalue weighted by atomic mass is 10.2. The second kappa shape index (κ2) is 2.62. The van der Waals surface area contributed by atoms with Crippen molar-refractivity contribution in [3.63, 3.8) is 0 Å². The number of rotatable bonds is 1. The zero-order chi connectivity index (χ0) is 6.69. The number of nitriles is 1. The van der Waals surface area contributed by atoms with Crippen LogP contribution in [0.3, 0.4) is 0 Å². The molecule has 0 aliphatic heterocycles. The van der Waals surface area contributed by atoms with E-state index in [1.54, 1.807) is 17.5 Å². The van der Waals surface area contributed by atoms with E-state index in [0.29, 0.717) is 5.56 Å². The molecule has 0 fully saturated rings. The second-order valence-electron chi connectivity index (χ2n) is 1.59. The molecule has 1 aromatic rings. The Balaban J connectivity index is 2.80. The van der Waals surface area contributed by atoms with Crippen LogP contribution in [0.1, 0.15) is 11.7 Å². The van der Waals surface area contributed by atoms with Crippen molar-refractivity contribution in [3.8, 4) is 6.07 Å². The fourth-order valence-electron chi connectivity index (χ4n) is 0.505. The average molecular weight is 139 g/mol. The number of hydrogen-bond acceptors (Lipinski definition) is 3. The van der Waals surface area contributed by atoms with Gasteiger partial charge in [-0.05, 0) is 16.8 Å². The van der Waals surface area contributed by atoms with Gasteiger partial charge in [0, 0.05) is 5.56 Å². The van der Waals surface area contributed by atoms with Crippen molar-refractivity contribution in [3.05, 3.63) is 22.4 Å². The summed E-state index contributed by atoms with van der Waals surface area (Å²) in [5.41, 5.74) is 0.683. The lowest BCUT2D eigenvalue weighted by molar-refractivity contribution is 0.236. The number of hydrogen-bond donors (Lipinski definition) is 1. The van der Waals surface area contributed by atoms with Crippen LogP contribution >= 0.6 is 11.3 Å². The Labute approximate surface area is 57.0 Å². The molecule has 0 radical (unpaired) electrons. The highest BCUT2D eigenvalue weighted by atomic mass is 32.1. The van der Waals surface area contributed by atoms with Gasteiger partial charge in [-0.25, -0.2) is 0 Å². The first-order valence-corrected chi connectivity index (χ1v) is 3.38. The monoisotopic (exact) mass is 139 g/mol. The van der Waals surface area contributed by atoms with E-state index in [9.17, 15) is 0 Å². The Morgan fingerprint density at radius 2 is 2.56 bits per heavy atom. The average Bonchev–Trinajstić information content (AvgIpc) is 2.37. The summed E-state index contributed by atoms with van der Waals surface area (Å²) < 4.78 is 0. The topological polar surface area (TPSA) is 44.0 Å². The van der Waals surface area contributed by atoms with Gasteiger partial charge >= 0.3 is 0 Å². The SMILES string of the molecule is N#C[C@H](O)c1ccsc1. The van der Waals surface area contributed by atoms with Gasteiger partial charge in [-0.15, -0.1) is 0 Å². The van der Waals surface area contributed by atoms with Gasteiger partial charge in [0.15, 0.2) is 6.10 Å². The van der Waals surface area contributed by atoms with E-state index in [1.165, 1.54) is 11.3 Å². The van der Waals surface area contributed by atoms with E-state index in [0.717, 1.165) is 0 Å². The zero-order valence-electron chi connectivity index (χ0n) is 4.61. The Morgan fingerprint density at radius 3 is 3.00 bits per heavy atom. The Morgan fingerprint density at radius 1 is 1.78 bits per heavy atom. The molecular formula is C6H5NOS. The molecule has 0 amide bonds. The van der Waals surface area contributed by atoms with Gasteiger partial charge in [-0.2, -0.15) is 16.6 Å². The van der Waals surface area contributed by atoms with Crippen LogP contribution in [0.15, 0.2) is 16.8 Å². The number of thiophene rings is 1. The van der Waals surface area contributed by atoms with Crippen molar-refractivity contribution < 1.29 is 5.11 Å². The van der Waals surface area contributed by atoms with Gasteiger partial charge in [0.1, 0.15) is 0 Å². The molecule has 3 heteroatoms. The maximum atomic E-state index is 8.86. The number of aliphatic hydroxyl groups excluding tert-OH is 1. The summed E-state index contributed by atoms with van der Waals surface area (Å²) in [6.45, 7) is 0. The van der Waals surface area contributed by atoms with Crippen LogP contribution in [0.4, 0.5) is 0 Å². The van der Waals surface area contributed by atoms with Crippen LogP contribution < -0.4 is 0 Å². The highest BCUT2D eigenvalue weighted by molar-refractivity contribution is 7.07. The first kappa shape index (κ1) is 6.27. The van der Waals surface area contributed by atoms with Crippen LogP contribution in [0.2, 0.25) is 0 Å². The van der Waals surface area contributed by atoms with Crippen molar-refractivity contribution in [1.29, 1.82) is 5.26 Å². The summed E-state index contributed by atoms with van der Waals surface area (Å²) in [4.78, 5) is 0. The predicted molar refractivity (Wildman–Crippen MR) is 34.9 cm³/mol. The van der Waals surface area contributed by atoms with E-state index in [4.69, 9.17) is 10.4 Å². The quantitative estimate of drug-likeness (QED) is 0.596. The lowest BCUT2D eigenvalue weighted by Crippen LogP contribution is -1.88. The van der Waals surface area contributed by atoms with Gasteiger partial charge in [-0.3, -0.25) is 0 Å². The van der Waals surface area contributed by atoms with Crippen molar-refractivity contribution >= 4 is 11.3 Å². The van der Waals surface area contributed by atoms with E-state index in [-0.39, 0.29) is 0 Å². The number of aliphatic hydroxyl groups is 1. The summed E-state index contributed by atoms with van der Waals surface area (Å²) >= 11 is 1.47. The molecule has 0 aromatic carbocycles. The molecule has 1 atom stereocenters. The highest BCUT2D eigenvalue weighted by Gasteiger charge is 2.03. The minimum atomic E-state index is -0.948. The third kappa shape index (κ3) is 1.28. The van der Waals surface area contributed by atoms with E-state index in [2.05, 4.69) is 0 Å². The molecule has 0 saturated heterocycles. The third-order valence-electron chi connectivity index (χ3n) is 0.981.